The van der Waals surface area contributed by atoms with Crippen LogP contribution in [0.4, 0.5) is 0 Å². The lowest BCUT2D eigenvalue weighted by atomic mass is 9.95. The molecule has 0 spiro atoms. The number of aliphatic hydroxyl groups is 1. The van der Waals surface area contributed by atoms with E-state index in [1.165, 1.54) is 13.0 Å². The fourth-order valence-corrected chi connectivity index (χ4v) is 1.71. The molecule has 0 bridgehead atoms. The smallest absolute Gasteiger partial charge is 0.338 e. The summed E-state index contributed by atoms with van der Waals surface area (Å²) in [6, 6.07) is 0. The molecule has 98 valence electrons. The van der Waals surface area contributed by atoms with Crippen molar-refractivity contribution in [3.8, 4) is 0 Å². The van der Waals surface area contributed by atoms with Crippen molar-refractivity contribution < 1.29 is 19.4 Å². The van der Waals surface area contributed by atoms with E-state index >= 15 is 0 Å². The van der Waals surface area contributed by atoms with Crippen LogP contribution in [0, 0.1) is 0 Å². The Labute approximate surface area is 107 Å². The van der Waals surface area contributed by atoms with Gasteiger partial charge >= 0.3 is 5.97 Å². The number of rotatable bonds is 5. The molecule has 0 aromatic rings. The number of carbonyl (C=O) groups is 2. The highest BCUT2D eigenvalue weighted by atomic mass is 16.6. The maximum atomic E-state index is 11.5. The summed E-state index contributed by atoms with van der Waals surface area (Å²) in [4.78, 5) is 22.8. The van der Waals surface area contributed by atoms with E-state index in [9.17, 15) is 14.7 Å². The summed E-state index contributed by atoms with van der Waals surface area (Å²) in [6.07, 6.45) is 7.20. The molecule has 18 heavy (non-hydrogen) atoms. The number of hydrogen-bond donors (Lipinski definition) is 1. The van der Waals surface area contributed by atoms with Gasteiger partial charge in [-0.25, -0.2) is 4.79 Å². The van der Waals surface area contributed by atoms with Crippen molar-refractivity contribution in [3.63, 3.8) is 0 Å². The maximum Gasteiger partial charge on any atom is 0.338 e. The van der Waals surface area contributed by atoms with Gasteiger partial charge in [-0.15, -0.1) is 0 Å². The quantitative estimate of drug-likeness (QED) is 0.463. The second-order valence-electron chi connectivity index (χ2n) is 4.45. The number of aliphatic hydroxyl groups excluding tert-OH is 1. The van der Waals surface area contributed by atoms with E-state index in [1.807, 2.05) is 13.0 Å². The summed E-state index contributed by atoms with van der Waals surface area (Å²) >= 11 is 0. The fraction of sp³-hybridized carbons (Fsp3) is 0.429. The molecule has 1 rings (SSSR count). The predicted molar refractivity (Wildman–Crippen MR) is 68.0 cm³/mol. The Balaban J connectivity index is 2.59. The Kier molecular flexibility index (Phi) is 4.48. The average Bonchev–Trinajstić information content (AvgIpc) is 2.52. The Morgan fingerprint density at radius 2 is 2.11 bits per heavy atom. The van der Waals surface area contributed by atoms with Crippen LogP contribution in [0.1, 0.15) is 33.6 Å². The van der Waals surface area contributed by atoms with Gasteiger partial charge < -0.3 is 9.84 Å². The lowest BCUT2D eigenvalue weighted by Crippen LogP contribution is -2.28. The third kappa shape index (κ3) is 3.09. The number of allylic oxidation sites excluding steroid dienone is 4. The average molecular weight is 250 g/mol. The summed E-state index contributed by atoms with van der Waals surface area (Å²) in [6.45, 7) is 4.98. The van der Waals surface area contributed by atoms with E-state index in [2.05, 4.69) is 0 Å². The third-order valence-electron chi connectivity index (χ3n) is 2.91. The van der Waals surface area contributed by atoms with Crippen molar-refractivity contribution in [2.24, 2.45) is 0 Å². The molecule has 0 aliphatic carbocycles. The second-order valence-corrected chi connectivity index (χ2v) is 4.45. The van der Waals surface area contributed by atoms with Crippen LogP contribution in [0.15, 0.2) is 35.6 Å². The van der Waals surface area contributed by atoms with Crippen LogP contribution in [0.5, 0.6) is 0 Å². The lowest BCUT2D eigenvalue weighted by molar-refractivity contribution is -0.148. The van der Waals surface area contributed by atoms with E-state index < -0.39 is 11.6 Å². The van der Waals surface area contributed by atoms with Crippen LogP contribution in [-0.2, 0) is 14.3 Å². The van der Waals surface area contributed by atoms with Gasteiger partial charge in [-0.2, -0.15) is 0 Å². The van der Waals surface area contributed by atoms with Gasteiger partial charge in [-0.3, -0.25) is 4.79 Å². The van der Waals surface area contributed by atoms with Gasteiger partial charge in [0.05, 0.1) is 5.57 Å². The normalized spacial score (nSPS) is 24.3. The van der Waals surface area contributed by atoms with Crippen LogP contribution >= 0.6 is 0 Å². The Morgan fingerprint density at radius 3 is 2.61 bits per heavy atom. The first-order valence-electron chi connectivity index (χ1n) is 5.86. The van der Waals surface area contributed by atoms with Crippen molar-refractivity contribution in [3.05, 3.63) is 35.6 Å². The molecule has 0 saturated carbocycles. The molecule has 0 amide bonds. The van der Waals surface area contributed by atoms with E-state index in [0.29, 0.717) is 0 Å². The van der Waals surface area contributed by atoms with E-state index in [-0.39, 0.29) is 30.0 Å². The number of carbonyl (C=O) groups excluding carboxylic acids is 2. The predicted octanol–water partition coefficient (Wildman–Crippen LogP) is 2.62. The first-order valence-corrected chi connectivity index (χ1v) is 5.86. The van der Waals surface area contributed by atoms with Gasteiger partial charge in [0.25, 0.3) is 0 Å². The molecule has 1 atom stereocenters. The van der Waals surface area contributed by atoms with Crippen molar-refractivity contribution in [2.45, 2.75) is 39.2 Å². The molecule has 1 N–H and O–H groups in total. The highest BCUT2D eigenvalue weighted by Gasteiger charge is 2.42. The van der Waals surface area contributed by atoms with Crippen molar-refractivity contribution in [2.75, 3.05) is 0 Å². The first-order chi connectivity index (χ1) is 8.40. The van der Waals surface area contributed by atoms with Crippen molar-refractivity contribution >= 4 is 11.8 Å². The molecular formula is C14H18O4. The summed E-state index contributed by atoms with van der Waals surface area (Å²) in [5.74, 6) is -0.660. The number of esters is 1. The standard InChI is InChI=1S/C14H18O4/c1-4-5-6-7-11(15)8-9-14(3)12(16)10(2)13(17)18-14/h4-7,16H,8-9H2,1-3H3/b5-4+,7-6+/t14-/m1/s1. The zero-order valence-corrected chi connectivity index (χ0v) is 10.9. The molecule has 1 heterocycles. The summed E-state index contributed by atoms with van der Waals surface area (Å²) < 4.78 is 5.10. The minimum absolute atomic E-state index is 0.0669. The molecule has 0 saturated heterocycles. The molecule has 0 aromatic carbocycles. The van der Waals surface area contributed by atoms with Crippen molar-refractivity contribution in [1.82, 2.24) is 0 Å². The van der Waals surface area contributed by atoms with E-state index in [0.717, 1.165) is 0 Å². The monoisotopic (exact) mass is 250 g/mol. The summed E-state index contributed by atoms with van der Waals surface area (Å²) in [5, 5.41) is 9.81. The molecular weight excluding hydrogens is 232 g/mol. The number of ketones is 1. The second kappa shape index (κ2) is 5.67. The Bertz CT molecular complexity index is 443. The Morgan fingerprint density at radius 1 is 1.44 bits per heavy atom. The van der Waals surface area contributed by atoms with E-state index in [4.69, 9.17) is 4.74 Å². The highest BCUT2D eigenvalue weighted by molar-refractivity contribution is 5.92. The van der Waals surface area contributed by atoms with Crippen LogP contribution in [-0.4, -0.2) is 22.5 Å². The van der Waals surface area contributed by atoms with Crippen LogP contribution < -0.4 is 0 Å². The zero-order valence-electron chi connectivity index (χ0n) is 10.9. The van der Waals surface area contributed by atoms with Gasteiger partial charge in [0.15, 0.2) is 11.4 Å². The minimum atomic E-state index is -1.06. The fourth-order valence-electron chi connectivity index (χ4n) is 1.71. The SMILES string of the molecule is C/C=C/C=C/C(=O)CC[C@@]1(C)OC(=O)C(C)=C1O. The van der Waals surface area contributed by atoms with Gasteiger partial charge in [0.1, 0.15) is 5.76 Å². The van der Waals surface area contributed by atoms with Crippen LogP contribution in [0.3, 0.4) is 0 Å². The first kappa shape index (κ1) is 14.2. The summed E-state index contributed by atoms with van der Waals surface area (Å²) in [5.41, 5.74) is -0.847. The molecule has 0 aromatic heterocycles. The van der Waals surface area contributed by atoms with Crippen LogP contribution in [0.2, 0.25) is 0 Å². The minimum Gasteiger partial charge on any atom is -0.507 e. The highest BCUT2D eigenvalue weighted by Crippen LogP contribution is 2.34. The third-order valence-corrected chi connectivity index (χ3v) is 2.91. The topological polar surface area (TPSA) is 63.6 Å². The number of ether oxygens (including phenoxy) is 1. The molecule has 1 aliphatic rings. The zero-order chi connectivity index (χ0) is 13.8. The van der Waals surface area contributed by atoms with Crippen LogP contribution in [0.25, 0.3) is 0 Å². The van der Waals surface area contributed by atoms with Crippen molar-refractivity contribution in [1.29, 1.82) is 0 Å². The molecule has 0 unspecified atom stereocenters. The van der Waals surface area contributed by atoms with Gasteiger partial charge in [0, 0.05) is 12.8 Å². The number of hydrogen-bond acceptors (Lipinski definition) is 4. The van der Waals surface area contributed by atoms with E-state index in [1.54, 1.807) is 19.1 Å². The molecule has 4 heteroatoms. The Hall–Kier alpha value is -1.84. The summed E-state index contributed by atoms with van der Waals surface area (Å²) in [7, 11) is 0. The molecule has 0 fully saturated rings. The number of cyclic esters (lactones) is 1. The molecule has 4 nitrogen and oxygen atoms in total. The van der Waals surface area contributed by atoms with Gasteiger partial charge in [-0.05, 0) is 26.8 Å². The molecule has 0 radical (unpaired) electrons. The largest absolute Gasteiger partial charge is 0.507 e. The molecule has 1 aliphatic heterocycles. The lowest BCUT2D eigenvalue weighted by Gasteiger charge is -2.22. The van der Waals surface area contributed by atoms with Gasteiger partial charge in [0.2, 0.25) is 0 Å². The maximum absolute atomic E-state index is 11.5. The van der Waals surface area contributed by atoms with Gasteiger partial charge in [-0.1, -0.05) is 18.2 Å².